The summed E-state index contributed by atoms with van der Waals surface area (Å²) in [5, 5.41) is 0. The van der Waals surface area contributed by atoms with Gasteiger partial charge in [-0.3, -0.25) is 14.5 Å². The molecule has 6 nitrogen and oxygen atoms in total. The molecule has 3 rings (SSSR count). The maximum atomic E-state index is 13.4. The van der Waals surface area contributed by atoms with Gasteiger partial charge in [-0.05, 0) is 74.3 Å². The van der Waals surface area contributed by atoms with Crippen LogP contribution < -0.4 is 4.74 Å². The number of amides is 2. The number of hydrogen-bond donors (Lipinski definition) is 0. The van der Waals surface area contributed by atoms with E-state index in [2.05, 4.69) is 27.7 Å². The fraction of sp³-hybridized carbons (Fsp3) is 0.538. The maximum absolute atomic E-state index is 13.4. The summed E-state index contributed by atoms with van der Waals surface area (Å²) in [5.41, 5.74) is 0.653. The SMILES string of the molecule is COc1ccc(CN(C(=O)CC[C@]2(C(C)C)CCOC(C)(C)C2)C(=O)c2ccco2)cc1. The molecular formula is C26H35NO5. The highest BCUT2D eigenvalue weighted by atomic mass is 16.5. The highest BCUT2D eigenvalue weighted by molar-refractivity contribution is 6.03. The number of furan rings is 1. The molecule has 32 heavy (non-hydrogen) atoms. The molecule has 1 aliphatic rings. The van der Waals surface area contributed by atoms with Gasteiger partial charge in [0.2, 0.25) is 5.91 Å². The molecule has 0 unspecified atom stereocenters. The summed E-state index contributed by atoms with van der Waals surface area (Å²) < 4.78 is 16.4. The van der Waals surface area contributed by atoms with Gasteiger partial charge in [0.05, 0.1) is 25.5 Å². The molecule has 0 bridgehead atoms. The van der Waals surface area contributed by atoms with E-state index in [4.69, 9.17) is 13.9 Å². The Labute approximate surface area is 190 Å². The highest BCUT2D eigenvalue weighted by Gasteiger charge is 2.43. The number of rotatable bonds is 8. The van der Waals surface area contributed by atoms with Crippen LogP contribution in [-0.2, 0) is 16.1 Å². The van der Waals surface area contributed by atoms with Crippen LogP contribution in [0.5, 0.6) is 5.75 Å². The van der Waals surface area contributed by atoms with Crippen LogP contribution in [-0.4, -0.2) is 36.0 Å². The molecule has 2 aromatic rings. The molecule has 1 fully saturated rings. The third kappa shape index (κ3) is 5.60. The number of benzene rings is 1. The molecule has 2 amide bonds. The summed E-state index contributed by atoms with van der Waals surface area (Å²) in [6.45, 7) is 9.54. The second kappa shape index (κ2) is 9.90. The van der Waals surface area contributed by atoms with E-state index in [1.807, 2.05) is 24.3 Å². The van der Waals surface area contributed by atoms with Crippen LogP contribution >= 0.6 is 0 Å². The van der Waals surface area contributed by atoms with Gasteiger partial charge >= 0.3 is 0 Å². The highest BCUT2D eigenvalue weighted by Crippen LogP contribution is 2.47. The molecule has 174 valence electrons. The Hall–Kier alpha value is -2.60. The van der Waals surface area contributed by atoms with Crippen molar-refractivity contribution in [1.82, 2.24) is 4.90 Å². The zero-order chi connectivity index (χ0) is 23.4. The monoisotopic (exact) mass is 441 g/mol. The standard InChI is InChI=1S/C26H35NO5/c1-19(2)26(14-16-32-25(3,4)18-26)13-12-23(28)27(24(29)22-7-6-15-31-22)17-20-8-10-21(30-5)11-9-20/h6-11,15,19H,12-14,16-18H2,1-5H3/t26-/m0/s1. The third-order valence-corrected chi connectivity index (χ3v) is 6.71. The summed E-state index contributed by atoms with van der Waals surface area (Å²) in [7, 11) is 1.60. The van der Waals surface area contributed by atoms with Gasteiger partial charge in [0.25, 0.3) is 5.91 Å². The van der Waals surface area contributed by atoms with E-state index in [1.165, 1.54) is 11.2 Å². The Kier molecular flexibility index (Phi) is 7.44. The van der Waals surface area contributed by atoms with Crippen molar-refractivity contribution in [2.24, 2.45) is 11.3 Å². The van der Waals surface area contributed by atoms with Crippen molar-refractivity contribution in [2.45, 2.75) is 65.5 Å². The molecule has 1 atom stereocenters. The van der Waals surface area contributed by atoms with Crippen molar-refractivity contribution >= 4 is 11.8 Å². The van der Waals surface area contributed by atoms with Crippen LogP contribution in [0.4, 0.5) is 0 Å². The number of imide groups is 1. The van der Waals surface area contributed by atoms with Gasteiger partial charge < -0.3 is 13.9 Å². The van der Waals surface area contributed by atoms with Crippen LogP contribution in [0, 0.1) is 11.3 Å². The summed E-state index contributed by atoms with van der Waals surface area (Å²) in [6.07, 6.45) is 4.29. The number of carbonyl (C=O) groups excluding carboxylic acids is 2. The zero-order valence-corrected chi connectivity index (χ0v) is 19.8. The van der Waals surface area contributed by atoms with E-state index in [1.54, 1.807) is 19.2 Å². The van der Waals surface area contributed by atoms with Crippen LogP contribution in [0.3, 0.4) is 0 Å². The van der Waals surface area contributed by atoms with Crippen molar-refractivity contribution in [2.75, 3.05) is 13.7 Å². The van der Waals surface area contributed by atoms with E-state index in [-0.39, 0.29) is 29.2 Å². The van der Waals surface area contributed by atoms with Crippen molar-refractivity contribution in [3.8, 4) is 5.75 Å². The second-order valence-corrected chi connectivity index (χ2v) is 9.66. The first-order chi connectivity index (χ1) is 15.2. The Bertz CT molecular complexity index is 901. The number of nitrogens with zero attached hydrogens (tertiary/aromatic N) is 1. The molecule has 1 aromatic carbocycles. The minimum Gasteiger partial charge on any atom is -0.497 e. The predicted octanol–water partition coefficient (Wildman–Crippen LogP) is 5.47. The number of ether oxygens (including phenoxy) is 2. The fourth-order valence-corrected chi connectivity index (χ4v) is 4.72. The average molecular weight is 442 g/mol. The average Bonchev–Trinajstić information content (AvgIpc) is 3.30. The molecule has 2 heterocycles. The van der Waals surface area contributed by atoms with Crippen molar-refractivity contribution in [1.29, 1.82) is 0 Å². The van der Waals surface area contributed by atoms with Gasteiger partial charge in [-0.2, -0.15) is 0 Å². The van der Waals surface area contributed by atoms with Crippen molar-refractivity contribution in [3.05, 3.63) is 54.0 Å². The first kappa shape index (κ1) is 24.1. The third-order valence-electron chi connectivity index (χ3n) is 6.71. The lowest BCUT2D eigenvalue weighted by Crippen LogP contribution is -2.45. The minimum atomic E-state index is -0.415. The molecule has 0 radical (unpaired) electrons. The van der Waals surface area contributed by atoms with Crippen LogP contribution in [0.15, 0.2) is 47.1 Å². The summed E-state index contributed by atoms with van der Waals surface area (Å²) in [5.74, 6) is 0.699. The normalized spacial score (nSPS) is 20.2. The van der Waals surface area contributed by atoms with Gasteiger partial charge in [0.15, 0.2) is 5.76 Å². The van der Waals surface area contributed by atoms with Crippen molar-refractivity contribution < 1.29 is 23.5 Å². The number of hydrogen-bond acceptors (Lipinski definition) is 5. The smallest absolute Gasteiger partial charge is 0.296 e. The lowest BCUT2D eigenvalue weighted by atomic mass is 9.64. The van der Waals surface area contributed by atoms with Gasteiger partial charge in [0.1, 0.15) is 5.75 Å². The maximum Gasteiger partial charge on any atom is 0.296 e. The van der Waals surface area contributed by atoms with E-state index in [0.29, 0.717) is 18.9 Å². The fourth-order valence-electron chi connectivity index (χ4n) is 4.72. The van der Waals surface area contributed by atoms with E-state index in [0.717, 1.165) is 30.6 Å². The Morgan fingerprint density at radius 3 is 2.44 bits per heavy atom. The molecule has 0 N–H and O–H groups in total. The van der Waals surface area contributed by atoms with Gasteiger partial charge in [-0.15, -0.1) is 0 Å². The second-order valence-electron chi connectivity index (χ2n) is 9.66. The topological polar surface area (TPSA) is 69.0 Å². The Morgan fingerprint density at radius 1 is 1.16 bits per heavy atom. The molecule has 1 aliphatic heterocycles. The largest absolute Gasteiger partial charge is 0.497 e. The molecule has 1 saturated heterocycles. The molecular weight excluding hydrogens is 406 g/mol. The van der Waals surface area contributed by atoms with E-state index < -0.39 is 5.91 Å². The quantitative estimate of drug-likeness (QED) is 0.543. The molecule has 0 spiro atoms. The first-order valence-corrected chi connectivity index (χ1v) is 11.3. The predicted molar refractivity (Wildman–Crippen MR) is 122 cm³/mol. The van der Waals surface area contributed by atoms with Gasteiger partial charge in [-0.1, -0.05) is 26.0 Å². The Balaban J connectivity index is 1.78. The van der Waals surface area contributed by atoms with E-state index in [9.17, 15) is 9.59 Å². The van der Waals surface area contributed by atoms with Crippen LogP contribution in [0.25, 0.3) is 0 Å². The number of methoxy groups -OCH3 is 1. The first-order valence-electron chi connectivity index (χ1n) is 11.3. The zero-order valence-electron chi connectivity index (χ0n) is 19.8. The lowest BCUT2D eigenvalue weighted by molar-refractivity contribution is -0.136. The summed E-state index contributed by atoms with van der Waals surface area (Å²) >= 11 is 0. The van der Waals surface area contributed by atoms with Gasteiger partial charge in [0, 0.05) is 13.0 Å². The molecule has 0 saturated carbocycles. The minimum absolute atomic E-state index is 0.0108. The lowest BCUT2D eigenvalue weighted by Gasteiger charge is -2.48. The van der Waals surface area contributed by atoms with Crippen LogP contribution in [0.1, 0.15) is 69.5 Å². The molecule has 6 heteroatoms. The molecule has 0 aliphatic carbocycles. The Morgan fingerprint density at radius 2 is 1.88 bits per heavy atom. The summed E-state index contributed by atoms with van der Waals surface area (Å²) in [4.78, 5) is 27.8. The number of carbonyl (C=O) groups is 2. The summed E-state index contributed by atoms with van der Waals surface area (Å²) in [6, 6.07) is 10.6. The van der Waals surface area contributed by atoms with Crippen molar-refractivity contribution in [3.63, 3.8) is 0 Å². The van der Waals surface area contributed by atoms with E-state index >= 15 is 0 Å². The van der Waals surface area contributed by atoms with Gasteiger partial charge in [-0.25, -0.2) is 0 Å². The van der Waals surface area contributed by atoms with Crippen LogP contribution in [0.2, 0.25) is 0 Å². The molecule has 1 aromatic heterocycles.